The van der Waals surface area contributed by atoms with Crippen molar-refractivity contribution in [1.82, 2.24) is 5.32 Å². The number of thiocarbonyl (C=S) groups is 1. The maximum absolute atomic E-state index is 12.7. The summed E-state index contributed by atoms with van der Waals surface area (Å²) in [4.78, 5) is 0. The molecule has 1 aromatic carbocycles. The van der Waals surface area contributed by atoms with Crippen molar-refractivity contribution in [2.24, 2.45) is 11.8 Å². The van der Waals surface area contributed by atoms with Crippen LogP contribution in [0.1, 0.15) is 18.4 Å². The molecule has 0 unspecified atom stereocenters. The molecule has 1 fully saturated rings. The van der Waals surface area contributed by atoms with Gasteiger partial charge in [-0.3, -0.25) is 0 Å². The highest BCUT2D eigenvalue weighted by atomic mass is 32.1. The van der Waals surface area contributed by atoms with Crippen LogP contribution in [-0.2, 0) is 6.18 Å². The number of nitrogens with one attached hydrogen (secondary N) is 2. The van der Waals surface area contributed by atoms with Crippen LogP contribution in [0.25, 0.3) is 0 Å². The second kappa shape index (κ2) is 5.33. The molecule has 2 nitrogen and oxygen atoms in total. The highest BCUT2D eigenvalue weighted by Crippen LogP contribution is 2.39. The Bertz CT molecular complexity index is 583. The van der Waals surface area contributed by atoms with Crippen LogP contribution in [0.2, 0.25) is 0 Å². The number of fused-ring (bicyclic) bond motifs is 2. The van der Waals surface area contributed by atoms with Crippen molar-refractivity contribution in [3.8, 4) is 0 Å². The summed E-state index contributed by atoms with van der Waals surface area (Å²) >= 11 is 5.20. The smallest absolute Gasteiger partial charge is 0.359 e. The zero-order chi connectivity index (χ0) is 15.0. The van der Waals surface area contributed by atoms with Gasteiger partial charge >= 0.3 is 6.18 Å². The third kappa shape index (κ3) is 3.20. The van der Waals surface area contributed by atoms with Crippen molar-refractivity contribution in [1.29, 1.82) is 0 Å². The molecule has 0 spiro atoms. The zero-order valence-corrected chi connectivity index (χ0v) is 12.0. The van der Waals surface area contributed by atoms with E-state index in [4.69, 9.17) is 12.2 Å². The molecule has 0 heterocycles. The van der Waals surface area contributed by atoms with E-state index in [9.17, 15) is 13.2 Å². The standard InChI is InChI=1S/C15H15F3N2S/c16-15(17,18)11-2-1-3-12(8-11)19-14(21)20-13-7-9-4-5-10(13)6-9/h1-5,8-10,13H,6-7H2,(H2,19,20,21)/t9-,10-,13-/m0/s1. The summed E-state index contributed by atoms with van der Waals surface area (Å²) in [6.45, 7) is 0. The minimum absolute atomic E-state index is 0.283. The fourth-order valence-corrected chi connectivity index (χ4v) is 3.32. The van der Waals surface area contributed by atoms with Gasteiger partial charge in [-0.05, 0) is 55.1 Å². The van der Waals surface area contributed by atoms with Gasteiger partial charge in [0.05, 0.1) is 5.56 Å². The molecule has 2 N–H and O–H groups in total. The lowest BCUT2D eigenvalue weighted by Gasteiger charge is -2.22. The van der Waals surface area contributed by atoms with Crippen LogP contribution in [-0.4, -0.2) is 11.2 Å². The normalized spacial score (nSPS) is 26.9. The Morgan fingerprint density at radius 3 is 2.62 bits per heavy atom. The van der Waals surface area contributed by atoms with E-state index in [1.165, 1.54) is 6.07 Å². The molecule has 0 amide bonds. The van der Waals surface area contributed by atoms with Crippen molar-refractivity contribution in [2.45, 2.75) is 25.1 Å². The first-order valence-electron chi connectivity index (χ1n) is 6.85. The molecule has 3 atom stereocenters. The summed E-state index contributed by atoms with van der Waals surface area (Å²) in [7, 11) is 0. The van der Waals surface area contributed by atoms with E-state index in [1.54, 1.807) is 6.07 Å². The molecule has 6 heteroatoms. The fraction of sp³-hybridized carbons (Fsp3) is 0.400. The number of rotatable bonds is 2. The molecule has 0 radical (unpaired) electrons. The molecule has 2 aliphatic carbocycles. The average molecular weight is 312 g/mol. The Morgan fingerprint density at radius 2 is 2.00 bits per heavy atom. The van der Waals surface area contributed by atoms with Gasteiger partial charge in [-0.25, -0.2) is 0 Å². The first kappa shape index (κ1) is 14.4. The van der Waals surface area contributed by atoms with E-state index in [1.807, 2.05) is 0 Å². The Hall–Kier alpha value is -1.56. The molecule has 1 aromatic rings. The van der Waals surface area contributed by atoms with E-state index in [0.717, 1.165) is 25.0 Å². The quantitative estimate of drug-likeness (QED) is 0.638. The number of hydrogen-bond acceptors (Lipinski definition) is 1. The number of benzene rings is 1. The molecule has 2 aliphatic rings. The van der Waals surface area contributed by atoms with Crippen LogP contribution < -0.4 is 10.6 Å². The maximum Gasteiger partial charge on any atom is 0.416 e. The number of hydrogen-bond donors (Lipinski definition) is 2. The van der Waals surface area contributed by atoms with Gasteiger partial charge in [-0.15, -0.1) is 0 Å². The molecule has 0 aliphatic heterocycles. The van der Waals surface area contributed by atoms with Crippen molar-refractivity contribution in [2.75, 3.05) is 5.32 Å². The lowest BCUT2D eigenvalue weighted by atomic mass is 10.0. The Labute approximate surface area is 126 Å². The van der Waals surface area contributed by atoms with Gasteiger partial charge in [0, 0.05) is 11.7 Å². The van der Waals surface area contributed by atoms with Crippen molar-refractivity contribution in [3.63, 3.8) is 0 Å². The molecular weight excluding hydrogens is 297 g/mol. The number of allylic oxidation sites excluding steroid dienone is 1. The highest BCUT2D eigenvalue weighted by Gasteiger charge is 2.36. The topological polar surface area (TPSA) is 24.1 Å². The van der Waals surface area contributed by atoms with Crippen LogP contribution in [0, 0.1) is 11.8 Å². The van der Waals surface area contributed by atoms with Crippen molar-refractivity contribution < 1.29 is 13.2 Å². The molecule has 0 aromatic heterocycles. The molecule has 21 heavy (non-hydrogen) atoms. The molecule has 0 saturated heterocycles. The second-order valence-electron chi connectivity index (χ2n) is 5.56. The second-order valence-corrected chi connectivity index (χ2v) is 5.97. The minimum Gasteiger partial charge on any atom is -0.359 e. The summed E-state index contributed by atoms with van der Waals surface area (Å²) in [6.07, 6.45) is 2.25. The van der Waals surface area contributed by atoms with Gasteiger partial charge in [0.2, 0.25) is 0 Å². The SMILES string of the molecule is FC(F)(F)c1cccc(NC(=S)N[C@H]2C[C@H]3C=C[C@H]2C3)c1. The predicted molar refractivity (Wildman–Crippen MR) is 79.9 cm³/mol. The minimum atomic E-state index is -4.35. The van der Waals surface area contributed by atoms with E-state index >= 15 is 0 Å². The Morgan fingerprint density at radius 1 is 1.19 bits per heavy atom. The number of halogens is 3. The fourth-order valence-electron chi connectivity index (χ4n) is 3.06. The van der Waals surface area contributed by atoms with Gasteiger partial charge in [-0.2, -0.15) is 13.2 Å². The van der Waals surface area contributed by atoms with Gasteiger partial charge < -0.3 is 10.6 Å². The van der Waals surface area contributed by atoms with Gasteiger partial charge in [0.15, 0.2) is 5.11 Å². The Balaban J connectivity index is 1.61. The van der Waals surface area contributed by atoms with Crippen molar-refractivity contribution in [3.05, 3.63) is 42.0 Å². The van der Waals surface area contributed by atoms with Gasteiger partial charge in [-0.1, -0.05) is 18.2 Å². The summed E-state index contributed by atoms with van der Waals surface area (Å²) in [5.74, 6) is 1.10. The van der Waals surface area contributed by atoms with Crippen molar-refractivity contribution >= 4 is 23.0 Å². The average Bonchev–Trinajstić information content (AvgIpc) is 3.00. The zero-order valence-electron chi connectivity index (χ0n) is 11.2. The predicted octanol–water partition coefficient (Wildman–Crippen LogP) is 3.96. The third-order valence-electron chi connectivity index (χ3n) is 4.04. The number of anilines is 1. The van der Waals surface area contributed by atoms with Gasteiger partial charge in [0.25, 0.3) is 0 Å². The van der Waals surface area contributed by atoms with E-state index in [-0.39, 0.29) is 6.04 Å². The van der Waals surface area contributed by atoms with E-state index in [2.05, 4.69) is 22.8 Å². The molecule has 2 bridgehead atoms. The van der Waals surface area contributed by atoms with Crippen LogP contribution in [0.15, 0.2) is 36.4 Å². The molecule has 1 saturated carbocycles. The largest absolute Gasteiger partial charge is 0.416 e. The summed E-state index contributed by atoms with van der Waals surface area (Å²) in [5.41, 5.74) is -0.334. The van der Waals surface area contributed by atoms with Crippen LogP contribution in [0.3, 0.4) is 0 Å². The highest BCUT2D eigenvalue weighted by molar-refractivity contribution is 7.80. The molecule has 3 rings (SSSR count). The Kier molecular flexibility index (Phi) is 3.65. The van der Waals surface area contributed by atoms with E-state index < -0.39 is 11.7 Å². The summed E-state index contributed by atoms with van der Waals surface area (Å²) in [6, 6.07) is 5.33. The van der Waals surface area contributed by atoms with E-state index in [0.29, 0.717) is 22.6 Å². The molecular formula is C15H15F3N2S. The van der Waals surface area contributed by atoms with Crippen LogP contribution in [0.5, 0.6) is 0 Å². The first-order chi connectivity index (χ1) is 9.91. The lowest BCUT2D eigenvalue weighted by molar-refractivity contribution is -0.137. The maximum atomic E-state index is 12.7. The molecule has 112 valence electrons. The summed E-state index contributed by atoms with van der Waals surface area (Å²) < 4.78 is 38.0. The monoisotopic (exact) mass is 312 g/mol. The first-order valence-corrected chi connectivity index (χ1v) is 7.26. The lowest BCUT2D eigenvalue weighted by Crippen LogP contribution is -2.40. The number of alkyl halides is 3. The van der Waals surface area contributed by atoms with Crippen LogP contribution in [0.4, 0.5) is 18.9 Å². The third-order valence-corrected chi connectivity index (χ3v) is 4.26. The van der Waals surface area contributed by atoms with Gasteiger partial charge in [0.1, 0.15) is 0 Å². The summed E-state index contributed by atoms with van der Waals surface area (Å²) in [5, 5.41) is 6.42. The van der Waals surface area contributed by atoms with Crippen LogP contribution >= 0.6 is 12.2 Å².